The number of ether oxygens (including phenoxy) is 1. The van der Waals surface area contributed by atoms with Crippen molar-refractivity contribution in [1.29, 1.82) is 0 Å². The normalized spacial score (nSPS) is 10.9. The molecular weight excluding hydrogens is 286 g/mol. The highest BCUT2D eigenvalue weighted by Crippen LogP contribution is 2.25. The lowest BCUT2D eigenvalue weighted by Gasteiger charge is -2.10. The van der Waals surface area contributed by atoms with Crippen molar-refractivity contribution in [1.82, 2.24) is 5.32 Å². The average molecular weight is 307 g/mol. The number of anilines is 1. The third-order valence-electron chi connectivity index (χ3n) is 2.82. The quantitative estimate of drug-likeness (QED) is 0.251. The number of nitro groups is 1. The Morgan fingerprint density at radius 1 is 1.41 bits per heavy atom. The molecule has 0 spiro atoms. The van der Waals surface area contributed by atoms with Gasteiger partial charge in [0.1, 0.15) is 5.69 Å². The number of benzene rings is 1. The first-order valence-corrected chi connectivity index (χ1v) is 6.95. The molecule has 0 heterocycles. The van der Waals surface area contributed by atoms with Gasteiger partial charge >= 0.3 is 5.97 Å². The molecule has 1 rings (SSSR count). The van der Waals surface area contributed by atoms with E-state index in [4.69, 9.17) is 0 Å². The summed E-state index contributed by atoms with van der Waals surface area (Å²) in [6.07, 6.45) is 2.70. The third kappa shape index (κ3) is 5.92. The van der Waals surface area contributed by atoms with Gasteiger partial charge in [-0.3, -0.25) is 10.1 Å². The highest BCUT2D eigenvalue weighted by molar-refractivity contribution is 5.87. The minimum Gasteiger partial charge on any atom is -0.466 e. The maximum atomic E-state index is 11.1. The number of nitro benzene ring substituents is 1. The molecule has 0 bridgehead atoms. The lowest BCUT2D eigenvalue weighted by Crippen LogP contribution is -2.28. The SMILES string of the molecule is COC(=O)/C=C/c1ccc(NCCNC(C)C)c([N+](=O)[O-])c1. The Hall–Kier alpha value is -2.41. The van der Waals surface area contributed by atoms with Crippen LogP contribution < -0.4 is 10.6 Å². The number of carbonyl (C=O) groups excluding carboxylic acids is 1. The molecule has 22 heavy (non-hydrogen) atoms. The molecule has 0 amide bonds. The maximum Gasteiger partial charge on any atom is 0.330 e. The zero-order chi connectivity index (χ0) is 16.5. The van der Waals surface area contributed by atoms with Crippen molar-refractivity contribution in [3.8, 4) is 0 Å². The lowest BCUT2D eigenvalue weighted by atomic mass is 10.1. The monoisotopic (exact) mass is 307 g/mol. The highest BCUT2D eigenvalue weighted by Gasteiger charge is 2.13. The Morgan fingerprint density at radius 2 is 2.14 bits per heavy atom. The van der Waals surface area contributed by atoms with Crippen molar-refractivity contribution in [3.63, 3.8) is 0 Å². The maximum absolute atomic E-state index is 11.1. The molecule has 0 radical (unpaired) electrons. The number of carbonyl (C=O) groups is 1. The molecule has 0 aliphatic carbocycles. The van der Waals surface area contributed by atoms with Crippen LogP contribution in [0, 0.1) is 10.1 Å². The summed E-state index contributed by atoms with van der Waals surface area (Å²) in [5, 5.41) is 17.4. The fourth-order valence-electron chi connectivity index (χ4n) is 1.74. The minimum atomic E-state index is -0.510. The van der Waals surface area contributed by atoms with Crippen LogP contribution in [0.25, 0.3) is 6.08 Å². The molecule has 2 N–H and O–H groups in total. The fraction of sp³-hybridized carbons (Fsp3) is 0.400. The number of hydrogen-bond donors (Lipinski definition) is 2. The number of rotatable bonds is 8. The topological polar surface area (TPSA) is 93.5 Å². The van der Waals surface area contributed by atoms with Crippen LogP contribution in [0.1, 0.15) is 19.4 Å². The largest absolute Gasteiger partial charge is 0.466 e. The van der Waals surface area contributed by atoms with E-state index in [0.29, 0.717) is 30.4 Å². The molecule has 0 saturated heterocycles. The van der Waals surface area contributed by atoms with Gasteiger partial charge < -0.3 is 15.4 Å². The van der Waals surface area contributed by atoms with Gasteiger partial charge in [0.05, 0.1) is 12.0 Å². The van der Waals surface area contributed by atoms with E-state index >= 15 is 0 Å². The second kappa shape index (κ2) is 8.78. The van der Waals surface area contributed by atoms with E-state index in [9.17, 15) is 14.9 Å². The number of hydrogen-bond acceptors (Lipinski definition) is 6. The van der Waals surface area contributed by atoms with E-state index in [-0.39, 0.29) is 5.69 Å². The van der Waals surface area contributed by atoms with E-state index in [0.717, 1.165) is 0 Å². The van der Waals surface area contributed by atoms with Gasteiger partial charge in [0, 0.05) is 31.3 Å². The predicted octanol–water partition coefficient (Wildman–Crippen LogP) is 2.19. The molecule has 7 nitrogen and oxygen atoms in total. The summed E-state index contributed by atoms with van der Waals surface area (Å²) in [4.78, 5) is 21.7. The molecular formula is C15H21N3O4. The summed E-state index contributed by atoms with van der Waals surface area (Å²) in [6.45, 7) is 5.35. The average Bonchev–Trinajstić information content (AvgIpc) is 2.49. The number of methoxy groups -OCH3 is 1. The summed E-state index contributed by atoms with van der Waals surface area (Å²) < 4.78 is 4.48. The van der Waals surface area contributed by atoms with E-state index in [1.54, 1.807) is 12.1 Å². The summed E-state index contributed by atoms with van der Waals surface area (Å²) in [6, 6.07) is 5.11. The van der Waals surface area contributed by atoms with Gasteiger partial charge in [-0.1, -0.05) is 19.9 Å². The molecule has 0 atom stereocenters. The van der Waals surface area contributed by atoms with Crippen LogP contribution >= 0.6 is 0 Å². The van der Waals surface area contributed by atoms with Gasteiger partial charge in [-0.15, -0.1) is 0 Å². The molecule has 7 heteroatoms. The van der Waals surface area contributed by atoms with Crippen molar-refractivity contribution in [2.75, 3.05) is 25.5 Å². The molecule has 120 valence electrons. The van der Waals surface area contributed by atoms with Gasteiger partial charge in [-0.2, -0.15) is 0 Å². The Morgan fingerprint density at radius 3 is 2.73 bits per heavy atom. The molecule has 1 aromatic rings. The predicted molar refractivity (Wildman–Crippen MR) is 85.8 cm³/mol. The van der Waals surface area contributed by atoms with Crippen molar-refractivity contribution in [2.24, 2.45) is 0 Å². The number of nitrogens with one attached hydrogen (secondary N) is 2. The van der Waals surface area contributed by atoms with Crippen molar-refractivity contribution < 1.29 is 14.5 Å². The van der Waals surface area contributed by atoms with Gasteiger partial charge in [0.25, 0.3) is 5.69 Å². The van der Waals surface area contributed by atoms with E-state index < -0.39 is 10.9 Å². The summed E-state index contributed by atoms with van der Waals surface area (Å²) in [5.41, 5.74) is 0.977. The number of esters is 1. The van der Waals surface area contributed by atoms with E-state index in [1.165, 1.54) is 25.3 Å². The number of nitrogens with zero attached hydrogens (tertiary/aromatic N) is 1. The van der Waals surface area contributed by atoms with Crippen LogP contribution in [0.3, 0.4) is 0 Å². The van der Waals surface area contributed by atoms with E-state index in [1.807, 2.05) is 13.8 Å². The van der Waals surface area contributed by atoms with Crippen molar-refractivity contribution in [2.45, 2.75) is 19.9 Å². The first-order chi connectivity index (χ1) is 10.4. The zero-order valence-electron chi connectivity index (χ0n) is 13.0. The van der Waals surface area contributed by atoms with Crippen LogP contribution in [0.15, 0.2) is 24.3 Å². The zero-order valence-corrected chi connectivity index (χ0v) is 13.0. The first-order valence-electron chi connectivity index (χ1n) is 6.95. The Bertz CT molecular complexity index is 556. The molecule has 0 aromatic heterocycles. The van der Waals surface area contributed by atoms with Gasteiger partial charge in [0.2, 0.25) is 0 Å². The van der Waals surface area contributed by atoms with E-state index in [2.05, 4.69) is 15.4 Å². The van der Waals surface area contributed by atoms with Crippen LogP contribution in [-0.4, -0.2) is 37.1 Å². The Balaban J connectivity index is 2.80. The van der Waals surface area contributed by atoms with Crippen molar-refractivity contribution >= 4 is 23.4 Å². The van der Waals surface area contributed by atoms with Crippen LogP contribution in [-0.2, 0) is 9.53 Å². The molecule has 0 unspecified atom stereocenters. The third-order valence-corrected chi connectivity index (χ3v) is 2.82. The second-order valence-corrected chi connectivity index (χ2v) is 4.93. The smallest absolute Gasteiger partial charge is 0.330 e. The highest BCUT2D eigenvalue weighted by atomic mass is 16.6. The molecule has 0 aliphatic rings. The Labute approximate surface area is 129 Å². The van der Waals surface area contributed by atoms with Crippen molar-refractivity contribution in [3.05, 3.63) is 40.0 Å². The molecule has 0 fully saturated rings. The molecule has 1 aromatic carbocycles. The summed E-state index contributed by atoms with van der Waals surface area (Å²) in [7, 11) is 1.27. The van der Waals surface area contributed by atoms with Crippen LogP contribution in [0.4, 0.5) is 11.4 Å². The Kier molecular flexibility index (Phi) is 7.04. The fourth-order valence-corrected chi connectivity index (χ4v) is 1.74. The van der Waals surface area contributed by atoms with Crippen LogP contribution in [0.5, 0.6) is 0 Å². The first kappa shape index (κ1) is 17.6. The minimum absolute atomic E-state index is 0.0310. The second-order valence-electron chi connectivity index (χ2n) is 4.93. The molecule has 0 aliphatic heterocycles. The van der Waals surface area contributed by atoms with Crippen LogP contribution in [0.2, 0.25) is 0 Å². The summed E-state index contributed by atoms with van der Waals surface area (Å²) in [5.74, 6) is -0.510. The summed E-state index contributed by atoms with van der Waals surface area (Å²) >= 11 is 0. The van der Waals surface area contributed by atoms with Gasteiger partial charge in [-0.25, -0.2) is 4.79 Å². The molecule has 0 saturated carbocycles. The lowest BCUT2D eigenvalue weighted by molar-refractivity contribution is -0.384. The van der Waals surface area contributed by atoms with Gasteiger partial charge in [0.15, 0.2) is 0 Å². The van der Waals surface area contributed by atoms with Gasteiger partial charge in [-0.05, 0) is 17.7 Å². The standard InChI is InChI=1S/C15H21N3O4/c1-11(2)16-8-9-17-13-6-4-12(5-7-15(19)22-3)10-14(13)18(20)21/h4-7,10-11,16-17H,8-9H2,1-3H3/b7-5+.